The van der Waals surface area contributed by atoms with Crippen molar-refractivity contribution in [2.45, 2.75) is 65.2 Å². The van der Waals surface area contributed by atoms with Crippen molar-refractivity contribution >= 4 is 0 Å². The molecule has 0 spiro atoms. The first-order valence-electron chi connectivity index (χ1n) is 7.26. The second-order valence-corrected chi connectivity index (χ2v) is 6.14. The molecule has 0 heterocycles. The third-order valence-corrected chi connectivity index (χ3v) is 3.91. The number of hydrogen-bond acceptors (Lipinski definition) is 2. The van der Waals surface area contributed by atoms with Crippen LogP contribution in [0.15, 0.2) is 0 Å². The van der Waals surface area contributed by atoms with E-state index >= 15 is 0 Å². The minimum atomic E-state index is -0.148. The minimum Gasteiger partial charge on any atom is -0.317 e. The lowest BCUT2D eigenvalue weighted by Crippen LogP contribution is -2.21. The van der Waals surface area contributed by atoms with Crippen LogP contribution in [0.3, 0.4) is 0 Å². The molecule has 2 nitrogen and oxygen atoms in total. The number of nitriles is 1. The predicted octanol–water partition coefficient (Wildman–Crippen LogP) is 3.88. The van der Waals surface area contributed by atoms with Crippen LogP contribution >= 0.6 is 0 Å². The number of nitrogens with one attached hydrogen (secondary N) is 1. The molecule has 1 aliphatic carbocycles. The van der Waals surface area contributed by atoms with Crippen molar-refractivity contribution in [3.8, 4) is 6.07 Å². The van der Waals surface area contributed by atoms with Gasteiger partial charge in [-0.1, -0.05) is 32.1 Å². The maximum absolute atomic E-state index is 8.90. The van der Waals surface area contributed by atoms with Gasteiger partial charge in [0.05, 0.1) is 11.5 Å². The Hall–Kier alpha value is -0.550. The van der Waals surface area contributed by atoms with E-state index in [1.54, 1.807) is 0 Å². The molecule has 0 saturated heterocycles. The van der Waals surface area contributed by atoms with Gasteiger partial charge in [0, 0.05) is 0 Å². The summed E-state index contributed by atoms with van der Waals surface area (Å²) in [4.78, 5) is 0. The summed E-state index contributed by atoms with van der Waals surface area (Å²) >= 11 is 0. The van der Waals surface area contributed by atoms with Crippen molar-refractivity contribution in [1.29, 1.82) is 5.26 Å². The van der Waals surface area contributed by atoms with Crippen LogP contribution in [-0.2, 0) is 0 Å². The fraction of sp³-hybridized carbons (Fsp3) is 0.933. The lowest BCUT2D eigenvalue weighted by Gasteiger charge is -2.21. The van der Waals surface area contributed by atoms with Crippen LogP contribution in [0.2, 0.25) is 0 Å². The monoisotopic (exact) mass is 236 g/mol. The van der Waals surface area contributed by atoms with Gasteiger partial charge in [-0.05, 0) is 52.1 Å². The Bertz CT molecular complexity index is 234. The van der Waals surface area contributed by atoms with Gasteiger partial charge in [0.1, 0.15) is 0 Å². The maximum Gasteiger partial charge on any atom is 0.0683 e. The molecule has 1 fully saturated rings. The first-order valence-corrected chi connectivity index (χ1v) is 7.26. The van der Waals surface area contributed by atoms with Crippen LogP contribution in [0.1, 0.15) is 65.2 Å². The van der Waals surface area contributed by atoms with Crippen molar-refractivity contribution in [3.05, 3.63) is 0 Å². The summed E-state index contributed by atoms with van der Waals surface area (Å²) < 4.78 is 0. The van der Waals surface area contributed by atoms with E-state index in [1.165, 1.54) is 38.5 Å². The molecule has 98 valence electrons. The molecule has 0 amide bonds. The van der Waals surface area contributed by atoms with Gasteiger partial charge in [-0.2, -0.15) is 5.26 Å². The summed E-state index contributed by atoms with van der Waals surface area (Å²) in [5, 5.41) is 12.4. The van der Waals surface area contributed by atoms with E-state index in [2.05, 4.69) is 11.4 Å². The fourth-order valence-electron chi connectivity index (χ4n) is 2.62. The lowest BCUT2D eigenvalue weighted by molar-refractivity contribution is 0.332. The van der Waals surface area contributed by atoms with E-state index < -0.39 is 0 Å². The van der Waals surface area contributed by atoms with E-state index in [9.17, 15) is 0 Å². The zero-order valence-corrected chi connectivity index (χ0v) is 11.6. The third-order valence-electron chi connectivity index (χ3n) is 3.91. The van der Waals surface area contributed by atoms with Crippen LogP contribution in [0.4, 0.5) is 0 Å². The zero-order chi connectivity index (χ0) is 12.6. The first-order chi connectivity index (χ1) is 8.14. The summed E-state index contributed by atoms with van der Waals surface area (Å²) in [5.74, 6) is 0.979. The molecule has 2 heteroatoms. The van der Waals surface area contributed by atoms with E-state index in [0.717, 1.165) is 31.8 Å². The summed E-state index contributed by atoms with van der Waals surface area (Å²) in [7, 11) is 0. The average Bonchev–Trinajstić information content (AvgIpc) is 2.35. The van der Waals surface area contributed by atoms with Gasteiger partial charge in [-0.15, -0.1) is 0 Å². The fourth-order valence-corrected chi connectivity index (χ4v) is 2.62. The maximum atomic E-state index is 8.90. The molecule has 1 rings (SSSR count). The molecule has 0 aliphatic heterocycles. The normalized spacial score (nSPS) is 17.9. The quantitative estimate of drug-likeness (QED) is 0.681. The SMILES string of the molecule is CC(C)(C#N)CCCNCCC1CCCCC1. The topological polar surface area (TPSA) is 35.8 Å². The van der Waals surface area contributed by atoms with E-state index in [1.807, 2.05) is 13.8 Å². The van der Waals surface area contributed by atoms with Crippen molar-refractivity contribution in [2.75, 3.05) is 13.1 Å². The standard InChI is InChI=1S/C15H28N2/c1-15(2,13-16)10-6-11-17-12-9-14-7-4-3-5-8-14/h14,17H,3-12H2,1-2H3. The van der Waals surface area contributed by atoms with E-state index in [0.29, 0.717) is 0 Å². The van der Waals surface area contributed by atoms with Gasteiger partial charge in [-0.25, -0.2) is 0 Å². The highest BCUT2D eigenvalue weighted by Crippen LogP contribution is 2.25. The van der Waals surface area contributed by atoms with Gasteiger partial charge in [0.25, 0.3) is 0 Å². The summed E-state index contributed by atoms with van der Waals surface area (Å²) in [6.07, 6.45) is 10.7. The van der Waals surface area contributed by atoms with Gasteiger partial charge in [-0.3, -0.25) is 0 Å². The van der Waals surface area contributed by atoms with Crippen LogP contribution in [0.25, 0.3) is 0 Å². The van der Waals surface area contributed by atoms with Crippen LogP contribution in [-0.4, -0.2) is 13.1 Å². The third kappa shape index (κ3) is 6.68. The minimum absolute atomic E-state index is 0.148. The molecule has 17 heavy (non-hydrogen) atoms. The molecule has 0 bridgehead atoms. The molecule has 1 N–H and O–H groups in total. The molecule has 0 aromatic heterocycles. The molecule has 0 atom stereocenters. The lowest BCUT2D eigenvalue weighted by atomic mass is 9.87. The second kappa shape index (κ2) is 7.71. The average molecular weight is 236 g/mol. The molecule has 0 unspecified atom stereocenters. The van der Waals surface area contributed by atoms with E-state index in [-0.39, 0.29) is 5.41 Å². The summed E-state index contributed by atoms with van der Waals surface area (Å²) in [5.41, 5.74) is -0.148. The number of nitrogens with zero attached hydrogens (tertiary/aromatic N) is 1. The van der Waals surface area contributed by atoms with Gasteiger partial charge >= 0.3 is 0 Å². The number of hydrogen-bond donors (Lipinski definition) is 1. The van der Waals surface area contributed by atoms with Gasteiger partial charge in [0.2, 0.25) is 0 Å². The molecular weight excluding hydrogens is 208 g/mol. The Morgan fingerprint density at radius 1 is 1.18 bits per heavy atom. The number of rotatable bonds is 7. The Morgan fingerprint density at radius 3 is 2.53 bits per heavy atom. The van der Waals surface area contributed by atoms with Crippen molar-refractivity contribution < 1.29 is 0 Å². The molecule has 1 aliphatic rings. The molecule has 1 saturated carbocycles. The first kappa shape index (κ1) is 14.5. The van der Waals surface area contributed by atoms with E-state index in [4.69, 9.17) is 5.26 Å². The van der Waals surface area contributed by atoms with Gasteiger partial charge in [0.15, 0.2) is 0 Å². The predicted molar refractivity (Wildman–Crippen MR) is 72.7 cm³/mol. The molecule has 0 radical (unpaired) electrons. The zero-order valence-electron chi connectivity index (χ0n) is 11.6. The summed E-state index contributed by atoms with van der Waals surface area (Å²) in [6.45, 7) is 6.28. The molecular formula is C15H28N2. The Labute approximate surface area is 107 Å². The van der Waals surface area contributed by atoms with Gasteiger partial charge < -0.3 is 5.32 Å². The Kier molecular flexibility index (Phi) is 6.58. The highest BCUT2D eigenvalue weighted by molar-refractivity contribution is 4.91. The highest BCUT2D eigenvalue weighted by Gasteiger charge is 2.15. The molecule has 0 aromatic rings. The highest BCUT2D eigenvalue weighted by atomic mass is 14.8. The van der Waals surface area contributed by atoms with Crippen molar-refractivity contribution in [1.82, 2.24) is 5.32 Å². The van der Waals surface area contributed by atoms with Crippen LogP contribution in [0.5, 0.6) is 0 Å². The molecule has 0 aromatic carbocycles. The summed E-state index contributed by atoms with van der Waals surface area (Å²) in [6, 6.07) is 2.36. The Balaban J connectivity index is 1.92. The van der Waals surface area contributed by atoms with Crippen molar-refractivity contribution in [2.24, 2.45) is 11.3 Å². The van der Waals surface area contributed by atoms with Crippen LogP contribution in [0, 0.1) is 22.7 Å². The largest absolute Gasteiger partial charge is 0.317 e. The smallest absolute Gasteiger partial charge is 0.0683 e. The second-order valence-electron chi connectivity index (χ2n) is 6.14. The van der Waals surface area contributed by atoms with Crippen molar-refractivity contribution in [3.63, 3.8) is 0 Å². The Morgan fingerprint density at radius 2 is 1.88 bits per heavy atom. The van der Waals surface area contributed by atoms with Crippen LogP contribution < -0.4 is 5.32 Å².